The summed E-state index contributed by atoms with van der Waals surface area (Å²) in [6.07, 6.45) is 3.39. The van der Waals surface area contributed by atoms with Crippen molar-refractivity contribution < 1.29 is 4.92 Å². The van der Waals surface area contributed by atoms with Crippen molar-refractivity contribution in [2.45, 2.75) is 12.8 Å². The van der Waals surface area contributed by atoms with E-state index in [1.165, 1.54) is 6.07 Å². The molecule has 0 unspecified atom stereocenters. The number of hydrogen-bond acceptors (Lipinski definition) is 6. The second kappa shape index (κ2) is 6.33. The minimum atomic E-state index is -0.366. The number of aromatic nitrogens is 1. The molecule has 0 saturated heterocycles. The summed E-state index contributed by atoms with van der Waals surface area (Å²) in [5, 5.41) is 17.8. The van der Waals surface area contributed by atoms with E-state index >= 15 is 0 Å². The Labute approximate surface area is 121 Å². The van der Waals surface area contributed by atoms with Gasteiger partial charge >= 0.3 is 0 Å². The highest BCUT2D eigenvalue weighted by atomic mass is 32.1. The van der Waals surface area contributed by atoms with Crippen molar-refractivity contribution in [3.8, 4) is 0 Å². The average Bonchev–Trinajstić information content (AvgIpc) is 2.92. The molecule has 0 aliphatic carbocycles. The Balaban J connectivity index is 2.14. The number of hydrogen-bond donors (Lipinski definition) is 2. The number of anilines is 2. The lowest BCUT2D eigenvalue weighted by molar-refractivity contribution is -0.384. The molecule has 0 saturated carbocycles. The molecule has 0 aliphatic heterocycles. The fraction of sp³-hybridized carbons (Fsp3) is 0.308. The van der Waals surface area contributed by atoms with Gasteiger partial charge in [-0.3, -0.25) is 10.1 Å². The van der Waals surface area contributed by atoms with Gasteiger partial charge in [0.15, 0.2) is 5.13 Å². The first-order chi connectivity index (χ1) is 9.63. The third-order valence-corrected chi connectivity index (χ3v) is 4.05. The number of thiazole rings is 1. The van der Waals surface area contributed by atoms with E-state index in [0.717, 1.165) is 34.1 Å². The highest BCUT2D eigenvalue weighted by Crippen LogP contribution is 2.25. The van der Waals surface area contributed by atoms with Gasteiger partial charge in [0.2, 0.25) is 0 Å². The van der Waals surface area contributed by atoms with Gasteiger partial charge in [0.25, 0.3) is 5.69 Å². The van der Waals surface area contributed by atoms with Crippen LogP contribution in [-0.2, 0) is 12.8 Å². The van der Waals surface area contributed by atoms with Crippen molar-refractivity contribution in [3.05, 3.63) is 45.0 Å². The predicted octanol–water partition coefficient (Wildman–Crippen LogP) is 2.92. The number of nitro groups is 1. The number of nitrogens with one attached hydrogen (secondary N) is 2. The molecule has 2 rings (SSSR count). The summed E-state index contributed by atoms with van der Waals surface area (Å²) in [5.74, 6) is 0. The normalized spacial score (nSPS) is 10.3. The molecule has 6 nitrogen and oxygen atoms in total. The molecule has 1 heterocycles. The molecule has 0 amide bonds. The number of nitrogens with zero attached hydrogens (tertiary/aromatic N) is 2. The number of nitro benzene ring substituents is 1. The third-order valence-electron chi connectivity index (χ3n) is 2.98. The standard InChI is InChI=1S/C13H16N4O2S/c1-14-12-6-4-10(17(18)19)7-9(12)3-5-11-8-16-13(15-2)20-11/h4,6-8,14H,3,5H2,1-2H3,(H,15,16). The van der Waals surface area contributed by atoms with Gasteiger partial charge in [-0.1, -0.05) is 0 Å². The highest BCUT2D eigenvalue weighted by molar-refractivity contribution is 7.15. The number of rotatable bonds is 6. The van der Waals surface area contributed by atoms with Crippen LogP contribution < -0.4 is 10.6 Å². The van der Waals surface area contributed by atoms with Crippen LogP contribution in [-0.4, -0.2) is 24.0 Å². The van der Waals surface area contributed by atoms with Gasteiger partial charge in [-0.05, 0) is 24.5 Å². The SMILES string of the molecule is CNc1ncc(CCc2cc([N+](=O)[O-])ccc2NC)s1. The lowest BCUT2D eigenvalue weighted by Crippen LogP contribution is -1.99. The summed E-state index contributed by atoms with van der Waals surface area (Å²) in [7, 11) is 3.65. The van der Waals surface area contributed by atoms with E-state index in [1.807, 2.05) is 20.3 Å². The molecule has 20 heavy (non-hydrogen) atoms. The Bertz CT molecular complexity index is 612. The summed E-state index contributed by atoms with van der Waals surface area (Å²) in [6, 6.07) is 4.89. The fourth-order valence-electron chi connectivity index (χ4n) is 1.94. The number of benzene rings is 1. The van der Waals surface area contributed by atoms with Crippen LogP contribution >= 0.6 is 11.3 Å². The summed E-state index contributed by atoms with van der Waals surface area (Å²) in [6.45, 7) is 0. The van der Waals surface area contributed by atoms with E-state index < -0.39 is 0 Å². The molecule has 2 N–H and O–H groups in total. The molecule has 1 aromatic carbocycles. The Kier molecular flexibility index (Phi) is 4.52. The van der Waals surface area contributed by atoms with Gasteiger partial charge in [-0.2, -0.15) is 0 Å². The van der Waals surface area contributed by atoms with Crippen LogP contribution in [0.1, 0.15) is 10.4 Å². The Morgan fingerprint density at radius 2 is 2.10 bits per heavy atom. The lowest BCUT2D eigenvalue weighted by atomic mass is 10.1. The molecule has 2 aromatic rings. The van der Waals surface area contributed by atoms with Crippen molar-refractivity contribution in [1.82, 2.24) is 4.98 Å². The Morgan fingerprint density at radius 1 is 1.30 bits per heavy atom. The second-order valence-corrected chi connectivity index (χ2v) is 5.35. The molecule has 0 radical (unpaired) electrons. The molecule has 0 atom stereocenters. The lowest BCUT2D eigenvalue weighted by Gasteiger charge is -2.08. The zero-order chi connectivity index (χ0) is 14.5. The summed E-state index contributed by atoms with van der Waals surface area (Å²) in [5.41, 5.74) is 1.99. The topological polar surface area (TPSA) is 80.1 Å². The van der Waals surface area contributed by atoms with E-state index in [2.05, 4.69) is 15.6 Å². The zero-order valence-corrected chi connectivity index (χ0v) is 12.2. The quantitative estimate of drug-likeness (QED) is 0.632. The molecule has 0 aliphatic rings. The second-order valence-electron chi connectivity index (χ2n) is 4.23. The Hall–Kier alpha value is -2.15. The summed E-state index contributed by atoms with van der Waals surface area (Å²) >= 11 is 1.60. The number of non-ortho nitro benzene ring substituents is 1. The first-order valence-electron chi connectivity index (χ1n) is 6.21. The van der Waals surface area contributed by atoms with Crippen molar-refractivity contribution in [2.75, 3.05) is 24.7 Å². The van der Waals surface area contributed by atoms with E-state index in [0.29, 0.717) is 0 Å². The molecular formula is C13H16N4O2S. The van der Waals surface area contributed by atoms with Gasteiger partial charge < -0.3 is 10.6 Å². The molecule has 0 spiro atoms. The van der Waals surface area contributed by atoms with E-state index in [9.17, 15) is 10.1 Å². The first-order valence-corrected chi connectivity index (χ1v) is 7.03. The molecule has 0 fully saturated rings. The van der Waals surface area contributed by atoms with Gasteiger partial charge in [-0.25, -0.2) is 4.98 Å². The first kappa shape index (κ1) is 14.3. The maximum Gasteiger partial charge on any atom is 0.269 e. The van der Waals surface area contributed by atoms with Crippen molar-refractivity contribution in [1.29, 1.82) is 0 Å². The molecule has 0 bridgehead atoms. The molecular weight excluding hydrogens is 276 g/mol. The van der Waals surface area contributed by atoms with E-state index in [4.69, 9.17) is 0 Å². The van der Waals surface area contributed by atoms with Crippen LogP contribution in [0.3, 0.4) is 0 Å². The smallest absolute Gasteiger partial charge is 0.269 e. The van der Waals surface area contributed by atoms with Crippen LogP contribution in [0.25, 0.3) is 0 Å². The van der Waals surface area contributed by atoms with Crippen LogP contribution in [0.2, 0.25) is 0 Å². The Morgan fingerprint density at radius 3 is 2.70 bits per heavy atom. The van der Waals surface area contributed by atoms with Gasteiger partial charge in [-0.15, -0.1) is 11.3 Å². The van der Waals surface area contributed by atoms with Crippen LogP contribution in [0.4, 0.5) is 16.5 Å². The highest BCUT2D eigenvalue weighted by Gasteiger charge is 2.11. The molecule has 106 valence electrons. The largest absolute Gasteiger partial charge is 0.388 e. The fourth-order valence-corrected chi connectivity index (χ4v) is 2.71. The maximum atomic E-state index is 10.8. The monoisotopic (exact) mass is 292 g/mol. The van der Waals surface area contributed by atoms with Gasteiger partial charge in [0.1, 0.15) is 0 Å². The van der Waals surface area contributed by atoms with Crippen molar-refractivity contribution >= 4 is 27.8 Å². The van der Waals surface area contributed by atoms with Gasteiger partial charge in [0.05, 0.1) is 4.92 Å². The minimum Gasteiger partial charge on any atom is -0.388 e. The zero-order valence-electron chi connectivity index (χ0n) is 11.3. The molecule has 1 aromatic heterocycles. The number of aryl methyl sites for hydroxylation is 2. The maximum absolute atomic E-state index is 10.8. The van der Waals surface area contributed by atoms with E-state index in [1.54, 1.807) is 23.5 Å². The predicted molar refractivity (Wildman–Crippen MR) is 81.7 cm³/mol. The minimum absolute atomic E-state index is 0.124. The van der Waals surface area contributed by atoms with E-state index in [-0.39, 0.29) is 10.6 Å². The van der Waals surface area contributed by atoms with Crippen LogP contribution in [0.5, 0.6) is 0 Å². The van der Waals surface area contributed by atoms with Gasteiger partial charge in [0, 0.05) is 43.0 Å². The third kappa shape index (κ3) is 3.24. The van der Waals surface area contributed by atoms with Crippen LogP contribution in [0.15, 0.2) is 24.4 Å². The molecule has 7 heteroatoms. The summed E-state index contributed by atoms with van der Waals surface area (Å²) < 4.78 is 0. The van der Waals surface area contributed by atoms with Crippen molar-refractivity contribution in [3.63, 3.8) is 0 Å². The average molecular weight is 292 g/mol. The van der Waals surface area contributed by atoms with Crippen molar-refractivity contribution in [2.24, 2.45) is 0 Å². The summed E-state index contributed by atoms with van der Waals surface area (Å²) in [4.78, 5) is 15.8. The van der Waals surface area contributed by atoms with Crippen LogP contribution in [0, 0.1) is 10.1 Å².